The van der Waals surface area contributed by atoms with Crippen LogP contribution in [0.15, 0.2) is 6.07 Å². The number of rotatable bonds is 6. The Balaban J connectivity index is 3.03. The van der Waals surface area contributed by atoms with E-state index in [1.165, 1.54) is 0 Å². The molecule has 1 rings (SSSR count). The van der Waals surface area contributed by atoms with Crippen LogP contribution in [0.25, 0.3) is 0 Å². The van der Waals surface area contributed by atoms with Crippen LogP contribution >= 0.6 is 67.8 Å². The van der Waals surface area contributed by atoms with Crippen molar-refractivity contribution in [3.63, 3.8) is 0 Å². The van der Waals surface area contributed by atoms with Crippen molar-refractivity contribution in [2.45, 2.75) is 32.3 Å². The highest BCUT2D eigenvalue weighted by molar-refractivity contribution is 14.1. The average Bonchev–Trinajstić information content (AvgIpc) is 2.40. The summed E-state index contributed by atoms with van der Waals surface area (Å²) in [7, 11) is 0. The van der Waals surface area contributed by atoms with Crippen LogP contribution in [0.1, 0.15) is 36.5 Å². The molecule has 21 heavy (non-hydrogen) atoms. The van der Waals surface area contributed by atoms with Gasteiger partial charge >= 0.3 is 11.9 Å². The normalized spacial score (nSPS) is 12.0. The topological polar surface area (TPSA) is 89.6 Å². The molecule has 0 aliphatic carbocycles. The summed E-state index contributed by atoms with van der Waals surface area (Å²) >= 11 is 6.09. The molecule has 1 aromatic carbocycles. The largest absolute Gasteiger partial charge is 0.479 e. The molecule has 0 spiro atoms. The average molecular weight is 629 g/mol. The zero-order valence-corrected chi connectivity index (χ0v) is 17.6. The summed E-state index contributed by atoms with van der Waals surface area (Å²) < 4.78 is 7.28. The third-order valence-electron chi connectivity index (χ3n) is 2.75. The number of hydrogen-bond donors (Lipinski definition) is 2. The lowest BCUT2D eigenvalue weighted by Gasteiger charge is -2.16. The molecule has 0 fully saturated rings. The molecule has 8 heteroatoms. The number of ether oxygens (including phenoxy) is 1. The minimum atomic E-state index is -1.12. The molecule has 116 valence electrons. The Labute approximate surface area is 163 Å². The van der Waals surface area contributed by atoms with Gasteiger partial charge in [0.1, 0.15) is 0 Å². The van der Waals surface area contributed by atoms with Crippen LogP contribution in [0.3, 0.4) is 0 Å². The summed E-state index contributed by atoms with van der Waals surface area (Å²) in [6.07, 6.45) is 0.717. The molecule has 0 aliphatic heterocycles. The Kier molecular flexibility index (Phi) is 7.95. The van der Waals surface area contributed by atoms with Gasteiger partial charge in [0.15, 0.2) is 6.10 Å². The van der Waals surface area contributed by atoms with Crippen molar-refractivity contribution in [3.8, 4) is 0 Å². The number of carboxylic acid groups (broad SMARTS) is 1. The number of carboxylic acids is 1. The number of carbonyl (C=O) groups is 2. The third kappa shape index (κ3) is 5.08. The van der Waals surface area contributed by atoms with Gasteiger partial charge in [0.05, 0.1) is 14.8 Å². The zero-order chi connectivity index (χ0) is 16.2. The molecule has 0 heterocycles. The predicted octanol–water partition coefficient (Wildman–Crippen LogP) is 3.88. The summed E-state index contributed by atoms with van der Waals surface area (Å²) in [5.41, 5.74) is 6.75. The van der Waals surface area contributed by atoms with E-state index in [0.29, 0.717) is 31.2 Å². The maximum absolute atomic E-state index is 12.3. The number of esters is 1. The van der Waals surface area contributed by atoms with Crippen molar-refractivity contribution in [1.29, 1.82) is 0 Å². The fourth-order valence-electron chi connectivity index (χ4n) is 1.60. The highest BCUT2D eigenvalue weighted by Gasteiger charge is 2.26. The molecule has 1 aromatic rings. The van der Waals surface area contributed by atoms with Crippen molar-refractivity contribution < 1.29 is 19.4 Å². The third-order valence-corrected chi connectivity index (χ3v) is 5.62. The second kappa shape index (κ2) is 8.70. The molecule has 0 radical (unpaired) electrons. The Bertz CT molecular complexity index is 563. The number of halogens is 3. The van der Waals surface area contributed by atoms with Crippen molar-refractivity contribution >= 4 is 85.4 Å². The highest BCUT2D eigenvalue weighted by atomic mass is 127. The van der Waals surface area contributed by atoms with Gasteiger partial charge in [-0.2, -0.15) is 0 Å². The summed E-state index contributed by atoms with van der Waals surface area (Å²) in [4.78, 5) is 23.4. The predicted molar refractivity (Wildman–Crippen MR) is 105 cm³/mol. The molecule has 5 nitrogen and oxygen atoms in total. The van der Waals surface area contributed by atoms with Gasteiger partial charge in [-0.25, -0.2) is 9.59 Å². The molecule has 0 saturated carbocycles. The molecule has 0 bridgehead atoms. The second-order valence-corrected chi connectivity index (χ2v) is 7.72. The summed E-state index contributed by atoms with van der Waals surface area (Å²) in [6, 6.07) is 1.77. The van der Waals surface area contributed by atoms with Crippen LogP contribution in [0.4, 0.5) is 5.69 Å². The van der Waals surface area contributed by atoms with E-state index in [2.05, 4.69) is 22.6 Å². The molecule has 1 unspecified atom stereocenters. The first-order valence-corrected chi connectivity index (χ1v) is 9.39. The Morgan fingerprint density at radius 2 is 1.95 bits per heavy atom. The minimum Gasteiger partial charge on any atom is -0.479 e. The molecular formula is C13H14I3NO4. The number of nitrogens with two attached hydrogens (primary N) is 1. The SMILES string of the molecule is CCCCC(OC(=O)c1c(I)cc(I)c(N)c1I)C(=O)O. The summed E-state index contributed by atoms with van der Waals surface area (Å²) in [5.74, 6) is -1.77. The summed E-state index contributed by atoms with van der Waals surface area (Å²) in [5, 5.41) is 9.13. The molecule has 0 aliphatic rings. The maximum Gasteiger partial charge on any atom is 0.345 e. The quantitative estimate of drug-likeness (QED) is 0.284. The van der Waals surface area contributed by atoms with E-state index in [9.17, 15) is 9.59 Å². The first-order chi connectivity index (χ1) is 9.79. The van der Waals surface area contributed by atoms with Crippen LogP contribution in [-0.4, -0.2) is 23.1 Å². The van der Waals surface area contributed by atoms with Crippen LogP contribution in [0.5, 0.6) is 0 Å². The lowest BCUT2D eigenvalue weighted by molar-refractivity contribution is -0.147. The fraction of sp³-hybridized carbons (Fsp3) is 0.385. The lowest BCUT2D eigenvalue weighted by Crippen LogP contribution is -2.28. The monoisotopic (exact) mass is 629 g/mol. The number of aliphatic carboxylic acids is 1. The first kappa shape index (κ1) is 19.2. The van der Waals surface area contributed by atoms with Crippen LogP contribution < -0.4 is 5.73 Å². The van der Waals surface area contributed by atoms with E-state index in [-0.39, 0.29) is 0 Å². The lowest BCUT2D eigenvalue weighted by atomic mass is 10.1. The number of carbonyl (C=O) groups excluding carboxylic acids is 1. The van der Waals surface area contributed by atoms with E-state index in [0.717, 1.165) is 9.99 Å². The van der Waals surface area contributed by atoms with Crippen molar-refractivity contribution in [2.24, 2.45) is 0 Å². The standard InChI is InChI=1S/C13H14I3NO4/c1-2-3-4-8(12(18)19)21-13(20)9-6(14)5-7(15)11(17)10(9)16/h5,8H,2-4,17H2,1H3,(H,18,19). The Hall–Kier alpha value is 0.150. The van der Waals surface area contributed by atoms with E-state index >= 15 is 0 Å². The van der Waals surface area contributed by atoms with E-state index < -0.39 is 18.0 Å². The summed E-state index contributed by atoms with van der Waals surface area (Å²) in [6.45, 7) is 1.95. The van der Waals surface area contributed by atoms with E-state index in [1.807, 2.05) is 52.1 Å². The van der Waals surface area contributed by atoms with E-state index in [1.54, 1.807) is 6.07 Å². The van der Waals surface area contributed by atoms with Gasteiger partial charge in [0, 0.05) is 7.14 Å². The molecule has 3 N–H and O–H groups in total. The number of unbranched alkanes of at least 4 members (excludes halogenated alkanes) is 1. The number of benzene rings is 1. The Morgan fingerprint density at radius 1 is 1.33 bits per heavy atom. The number of anilines is 1. The van der Waals surface area contributed by atoms with Crippen molar-refractivity contribution in [1.82, 2.24) is 0 Å². The van der Waals surface area contributed by atoms with E-state index in [4.69, 9.17) is 15.6 Å². The van der Waals surface area contributed by atoms with Gasteiger partial charge in [0.25, 0.3) is 0 Å². The van der Waals surface area contributed by atoms with Gasteiger partial charge in [-0.15, -0.1) is 0 Å². The molecule has 0 amide bonds. The van der Waals surface area contributed by atoms with Crippen LogP contribution in [0, 0.1) is 10.7 Å². The number of hydrogen-bond acceptors (Lipinski definition) is 4. The van der Waals surface area contributed by atoms with Crippen molar-refractivity contribution in [3.05, 3.63) is 22.3 Å². The highest BCUT2D eigenvalue weighted by Crippen LogP contribution is 2.30. The van der Waals surface area contributed by atoms with Gasteiger partial charge in [-0.3, -0.25) is 0 Å². The smallest absolute Gasteiger partial charge is 0.345 e. The fourth-order valence-corrected chi connectivity index (χ4v) is 5.41. The number of nitrogen functional groups attached to an aromatic ring is 1. The van der Waals surface area contributed by atoms with Gasteiger partial charge in [-0.1, -0.05) is 13.3 Å². The zero-order valence-electron chi connectivity index (χ0n) is 11.2. The first-order valence-electron chi connectivity index (χ1n) is 6.16. The molecular weight excluding hydrogens is 615 g/mol. The van der Waals surface area contributed by atoms with Crippen LogP contribution in [0.2, 0.25) is 0 Å². The van der Waals surface area contributed by atoms with Gasteiger partial charge in [0.2, 0.25) is 0 Å². The second-order valence-electron chi connectivity index (χ2n) is 4.32. The molecule has 0 saturated heterocycles. The van der Waals surface area contributed by atoms with Crippen LogP contribution in [-0.2, 0) is 9.53 Å². The minimum absolute atomic E-state index is 0.310. The molecule has 1 atom stereocenters. The van der Waals surface area contributed by atoms with Gasteiger partial charge in [-0.05, 0) is 86.7 Å². The molecule has 0 aromatic heterocycles. The maximum atomic E-state index is 12.3. The Morgan fingerprint density at radius 3 is 2.48 bits per heavy atom. The van der Waals surface area contributed by atoms with Gasteiger partial charge < -0.3 is 15.6 Å². The van der Waals surface area contributed by atoms with Crippen molar-refractivity contribution in [2.75, 3.05) is 5.73 Å².